The predicted octanol–water partition coefficient (Wildman–Crippen LogP) is 3.44. The van der Waals surface area contributed by atoms with E-state index in [9.17, 15) is 14.7 Å². The average molecular weight is 354 g/mol. The molecule has 1 atom stereocenters. The van der Waals surface area contributed by atoms with Crippen molar-refractivity contribution in [2.75, 3.05) is 0 Å². The number of carboxylic acid groups (broad SMARTS) is 1. The highest BCUT2D eigenvalue weighted by atomic mass is 16.5. The van der Waals surface area contributed by atoms with Gasteiger partial charge in [0.15, 0.2) is 0 Å². The Bertz CT molecular complexity index is 913. The van der Waals surface area contributed by atoms with Gasteiger partial charge in [-0.05, 0) is 43.7 Å². The van der Waals surface area contributed by atoms with Crippen LogP contribution in [0.3, 0.4) is 0 Å². The summed E-state index contributed by atoms with van der Waals surface area (Å²) in [6.45, 7) is 3.42. The summed E-state index contributed by atoms with van der Waals surface area (Å²) in [4.78, 5) is 23.7. The van der Waals surface area contributed by atoms with Crippen LogP contribution < -0.4 is 9.47 Å². The summed E-state index contributed by atoms with van der Waals surface area (Å²) in [6, 6.07) is 8.20. The summed E-state index contributed by atoms with van der Waals surface area (Å²) in [5.41, 5.74) is 1.82. The van der Waals surface area contributed by atoms with Crippen LogP contribution in [0.4, 0.5) is 0 Å². The van der Waals surface area contributed by atoms with E-state index in [1.807, 2.05) is 0 Å². The number of ketones is 1. The van der Waals surface area contributed by atoms with Gasteiger partial charge >= 0.3 is 5.97 Å². The van der Waals surface area contributed by atoms with E-state index in [1.165, 1.54) is 25.3 Å². The van der Waals surface area contributed by atoms with Crippen molar-refractivity contribution in [1.82, 2.24) is 0 Å². The number of carbonyl (C=O) groups is 2. The van der Waals surface area contributed by atoms with Crippen LogP contribution >= 0.6 is 0 Å². The van der Waals surface area contributed by atoms with Crippen LogP contribution in [0.1, 0.15) is 34.0 Å². The highest BCUT2D eigenvalue weighted by molar-refractivity contribution is 6.14. The summed E-state index contributed by atoms with van der Waals surface area (Å²) < 4.78 is 11.3. The standard InChI is InChI=1S/C20H18O6/c1-11-8-15(21)18-17(9-11)26-10-14-13(19(18)22)4-3-5-16(14)25-7-6-12(2)20(23)24/h3-9,12,21H,10H2,1-2H3,(H,23,24)/b7-6+/t12-/m1/s1. The van der Waals surface area contributed by atoms with Gasteiger partial charge in [0, 0.05) is 11.1 Å². The van der Waals surface area contributed by atoms with Crippen LogP contribution in [0.25, 0.3) is 0 Å². The molecule has 0 unspecified atom stereocenters. The first-order chi connectivity index (χ1) is 12.4. The summed E-state index contributed by atoms with van der Waals surface area (Å²) in [7, 11) is 0. The molecule has 2 N–H and O–H groups in total. The maximum absolute atomic E-state index is 12.9. The lowest BCUT2D eigenvalue weighted by molar-refractivity contribution is -0.139. The number of aryl methyl sites for hydroxylation is 1. The molecular weight excluding hydrogens is 336 g/mol. The third kappa shape index (κ3) is 3.26. The number of phenolic OH excluding ortho intramolecular Hbond substituents is 1. The Labute approximate surface area is 150 Å². The van der Waals surface area contributed by atoms with Crippen LogP contribution in [0.15, 0.2) is 42.7 Å². The highest BCUT2D eigenvalue weighted by Crippen LogP contribution is 2.37. The Kier molecular flexibility index (Phi) is 4.67. The average Bonchev–Trinajstić information content (AvgIpc) is 2.72. The monoisotopic (exact) mass is 354 g/mol. The zero-order valence-corrected chi connectivity index (χ0v) is 14.4. The third-order valence-corrected chi connectivity index (χ3v) is 4.15. The van der Waals surface area contributed by atoms with Crippen molar-refractivity contribution < 1.29 is 29.3 Å². The SMILES string of the molecule is Cc1cc(O)c2c(c1)OCc1c(O/C=C/[C@@H](C)C(=O)O)cccc1C2=O. The molecule has 26 heavy (non-hydrogen) atoms. The van der Waals surface area contributed by atoms with Gasteiger partial charge in [0.05, 0.1) is 12.2 Å². The Hall–Kier alpha value is -3.28. The first-order valence-corrected chi connectivity index (χ1v) is 8.07. The lowest BCUT2D eigenvalue weighted by Crippen LogP contribution is -2.07. The zero-order valence-electron chi connectivity index (χ0n) is 14.4. The molecule has 0 amide bonds. The molecule has 0 aromatic heterocycles. The molecule has 1 heterocycles. The third-order valence-electron chi connectivity index (χ3n) is 4.15. The lowest BCUT2D eigenvalue weighted by Gasteiger charge is -2.10. The molecule has 0 saturated heterocycles. The van der Waals surface area contributed by atoms with Gasteiger partial charge in [-0.3, -0.25) is 9.59 Å². The molecule has 1 aliphatic heterocycles. The number of hydrogen-bond acceptors (Lipinski definition) is 5. The van der Waals surface area contributed by atoms with Gasteiger partial charge in [-0.25, -0.2) is 0 Å². The van der Waals surface area contributed by atoms with Gasteiger partial charge in [-0.1, -0.05) is 12.1 Å². The molecule has 6 nitrogen and oxygen atoms in total. The smallest absolute Gasteiger partial charge is 0.310 e. The molecule has 2 aromatic carbocycles. The molecule has 3 rings (SSSR count). The normalized spacial score (nSPS) is 14.2. The summed E-state index contributed by atoms with van der Waals surface area (Å²) in [5, 5.41) is 19.1. The van der Waals surface area contributed by atoms with Gasteiger partial charge < -0.3 is 19.7 Å². The van der Waals surface area contributed by atoms with Crippen molar-refractivity contribution in [3.8, 4) is 17.2 Å². The first-order valence-electron chi connectivity index (χ1n) is 8.07. The number of ether oxygens (including phenoxy) is 2. The number of phenols is 1. The quantitative estimate of drug-likeness (QED) is 0.817. The van der Waals surface area contributed by atoms with E-state index in [0.717, 1.165) is 5.56 Å². The fraction of sp³-hybridized carbons (Fsp3) is 0.200. The van der Waals surface area contributed by atoms with Gasteiger partial charge in [0.2, 0.25) is 5.78 Å². The maximum atomic E-state index is 12.9. The van der Waals surface area contributed by atoms with E-state index in [0.29, 0.717) is 22.6 Å². The molecule has 0 fully saturated rings. The zero-order chi connectivity index (χ0) is 18.8. The summed E-state index contributed by atoms with van der Waals surface area (Å²) >= 11 is 0. The second-order valence-electron chi connectivity index (χ2n) is 6.13. The molecular formula is C20H18O6. The molecule has 0 spiro atoms. The van der Waals surface area contributed by atoms with Gasteiger partial charge in [0.1, 0.15) is 29.4 Å². The number of hydrogen-bond donors (Lipinski definition) is 2. The van der Waals surface area contributed by atoms with Crippen LogP contribution in [0.5, 0.6) is 17.2 Å². The topological polar surface area (TPSA) is 93.1 Å². The van der Waals surface area contributed by atoms with Gasteiger partial charge in [-0.15, -0.1) is 0 Å². The van der Waals surface area contributed by atoms with E-state index < -0.39 is 11.9 Å². The minimum atomic E-state index is -0.962. The van der Waals surface area contributed by atoms with E-state index in [2.05, 4.69) is 0 Å². The number of benzene rings is 2. The van der Waals surface area contributed by atoms with Crippen LogP contribution in [-0.4, -0.2) is 22.0 Å². The molecule has 0 aliphatic carbocycles. The molecule has 134 valence electrons. The number of carboxylic acids is 1. The van der Waals surface area contributed by atoms with Gasteiger partial charge in [0.25, 0.3) is 0 Å². The largest absolute Gasteiger partial charge is 0.507 e. The van der Waals surface area contributed by atoms with Crippen molar-refractivity contribution in [2.24, 2.45) is 5.92 Å². The van der Waals surface area contributed by atoms with E-state index in [-0.39, 0.29) is 23.7 Å². The molecule has 0 radical (unpaired) electrons. The minimum Gasteiger partial charge on any atom is -0.507 e. The Morgan fingerprint density at radius 3 is 2.85 bits per heavy atom. The number of carbonyl (C=O) groups excluding carboxylic acids is 1. The maximum Gasteiger partial charge on any atom is 0.310 e. The van der Waals surface area contributed by atoms with Crippen LogP contribution in [0.2, 0.25) is 0 Å². The number of rotatable bonds is 4. The summed E-state index contributed by atoms with van der Waals surface area (Å²) in [6.07, 6.45) is 2.70. The first kappa shape index (κ1) is 17.5. The fourth-order valence-electron chi connectivity index (χ4n) is 2.71. The van der Waals surface area contributed by atoms with Crippen molar-refractivity contribution in [1.29, 1.82) is 0 Å². The Balaban J connectivity index is 1.97. The number of aromatic hydroxyl groups is 1. The van der Waals surface area contributed by atoms with Crippen molar-refractivity contribution in [3.63, 3.8) is 0 Å². The molecule has 0 bridgehead atoms. The molecule has 1 aliphatic rings. The van der Waals surface area contributed by atoms with Crippen molar-refractivity contribution in [2.45, 2.75) is 20.5 Å². The number of fused-ring (bicyclic) bond motifs is 2. The summed E-state index contributed by atoms with van der Waals surface area (Å²) in [5.74, 6) is -1.41. The van der Waals surface area contributed by atoms with E-state index in [4.69, 9.17) is 14.6 Å². The fourth-order valence-corrected chi connectivity index (χ4v) is 2.71. The van der Waals surface area contributed by atoms with E-state index >= 15 is 0 Å². The second-order valence-corrected chi connectivity index (χ2v) is 6.13. The Morgan fingerprint density at radius 2 is 2.12 bits per heavy atom. The Morgan fingerprint density at radius 1 is 1.35 bits per heavy atom. The van der Waals surface area contributed by atoms with Crippen LogP contribution in [-0.2, 0) is 11.4 Å². The van der Waals surface area contributed by atoms with Crippen molar-refractivity contribution in [3.05, 3.63) is 64.9 Å². The van der Waals surface area contributed by atoms with Crippen LogP contribution in [0, 0.1) is 12.8 Å². The highest BCUT2D eigenvalue weighted by Gasteiger charge is 2.27. The van der Waals surface area contributed by atoms with E-state index in [1.54, 1.807) is 31.2 Å². The minimum absolute atomic E-state index is 0.0927. The number of aliphatic carboxylic acids is 1. The van der Waals surface area contributed by atoms with Gasteiger partial charge in [-0.2, -0.15) is 0 Å². The molecule has 0 saturated carbocycles. The van der Waals surface area contributed by atoms with Crippen molar-refractivity contribution >= 4 is 11.8 Å². The lowest BCUT2D eigenvalue weighted by atomic mass is 9.97. The second kappa shape index (κ2) is 6.92. The predicted molar refractivity (Wildman–Crippen MR) is 93.6 cm³/mol. The molecule has 2 aromatic rings. The molecule has 6 heteroatoms.